The highest BCUT2D eigenvalue weighted by atomic mass is 19.2. The number of nitrogens with one attached hydrogen (secondary N) is 1. The lowest BCUT2D eigenvalue weighted by Gasteiger charge is -2.43. The molecule has 1 saturated heterocycles. The van der Waals surface area contributed by atoms with E-state index >= 15 is 0 Å². The fraction of sp³-hybridized carbons (Fsp3) is 0.275. The maximum Gasteiger partial charge on any atom is 0.257 e. The highest BCUT2D eigenvalue weighted by Gasteiger charge is 2.39. The average molecular weight is 705 g/mol. The monoisotopic (exact) mass is 704 g/mol. The molecule has 1 heterocycles. The molecule has 1 aliphatic rings. The first kappa shape index (κ1) is 36.1. The second-order valence-electron chi connectivity index (χ2n) is 12.9. The Morgan fingerprint density at radius 2 is 1.37 bits per heavy atom. The number of fused-ring (bicyclic) bond motifs is 1. The topological polar surface area (TPSA) is 71.0 Å². The molecule has 6 rings (SSSR count). The number of nitrogens with zero attached hydrogens (tertiary/aromatic N) is 1. The summed E-state index contributed by atoms with van der Waals surface area (Å²) in [7, 11) is 2.06. The first-order chi connectivity index (χ1) is 24.5. The van der Waals surface area contributed by atoms with Crippen molar-refractivity contribution in [2.45, 2.75) is 51.5 Å². The largest absolute Gasteiger partial charge is 0.392 e. The molecular formula is C40H37F5N2O4. The number of aliphatic hydroxyl groups is 1. The number of rotatable bonds is 10. The van der Waals surface area contributed by atoms with E-state index in [1.807, 2.05) is 36.4 Å². The van der Waals surface area contributed by atoms with Crippen molar-refractivity contribution in [1.82, 2.24) is 10.2 Å². The van der Waals surface area contributed by atoms with E-state index in [0.29, 0.717) is 17.7 Å². The van der Waals surface area contributed by atoms with Crippen LogP contribution in [-0.2, 0) is 22.6 Å². The lowest BCUT2D eigenvalue weighted by atomic mass is 9.89. The summed E-state index contributed by atoms with van der Waals surface area (Å²) in [5, 5.41) is 14.1. The molecule has 0 spiro atoms. The smallest absolute Gasteiger partial charge is 0.257 e. The number of halogens is 5. The van der Waals surface area contributed by atoms with Crippen molar-refractivity contribution in [2.75, 3.05) is 13.6 Å². The van der Waals surface area contributed by atoms with Crippen LogP contribution in [0.3, 0.4) is 0 Å². The molecule has 6 nitrogen and oxygen atoms in total. The van der Waals surface area contributed by atoms with Crippen LogP contribution in [0, 0.1) is 35.0 Å². The van der Waals surface area contributed by atoms with Crippen molar-refractivity contribution in [1.29, 1.82) is 0 Å². The van der Waals surface area contributed by atoms with Gasteiger partial charge in [0.2, 0.25) is 5.82 Å². The van der Waals surface area contributed by atoms with Crippen LogP contribution in [0.2, 0.25) is 0 Å². The van der Waals surface area contributed by atoms with Crippen molar-refractivity contribution in [3.05, 3.63) is 153 Å². The summed E-state index contributed by atoms with van der Waals surface area (Å²) in [6.07, 6.45) is -1.40. The van der Waals surface area contributed by atoms with Crippen LogP contribution in [0.5, 0.6) is 0 Å². The van der Waals surface area contributed by atoms with E-state index in [-0.39, 0.29) is 37.3 Å². The van der Waals surface area contributed by atoms with Gasteiger partial charge in [-0.1, -0.05) is 91.9 Å². The Hall–Kier alpha value is -4.68. The Morgan fingerprint density at radius 3 is 2.02 bits per heavy atom. The van der Waals surface area contributed by atoms with E-state index in [9.17, 15) is 31.9 Å². The van der Waals surface area contributed by atoms with Gasteiger partial charge in [0.25, 0.3) is 5.91 Å². The summed E-state index contributed by atoms with van der Waals surface area (Å²) in [5.74, 6) is -12.6. The highest BCUT2D eigenvalue weighted by Crippen LogP contribution is 2.42. The molecule has 51 heavy (non-hydrogen) atoms. The molecular weight excluding hydrogens is 667 g/mol. The molecule has 0 bridgehead atoms. The summed E-state index contributed by atoms with van der Waals surface area (Å²) in [4.78, 5) is 14.7. The minimum absolute atomic E-state index is 0.0658. The van der Waals surface area contributed by atoms with Gasteiger partial charge in [0.05, 0.1) is 18.8 Å². The first-order valence-corrected chi connectivity index (χ1v) is 16.5. The number of hydrogen-bond acceptors (Lipinski definition) is 5. The van der Waals surface area contributed by atoms with Crippen LogP contribution in [0.25, 0.3) is 10.8 Å². The van der Waals surface area contributed by atoms with Crippen molar-refractivity contribution in [2.24, 2.45) is 5.92 Å². The van der Waals surface area contributed by atoms with Crippen LogP contribution in [0.15, 0.2) is 91.0 Å². The Bertz CT molecular complexity index is 2000. The van der Waals surface area contributed by atoms with Gasteiger partial charge < -0.3 is 19.9 Å². The predicted molar refractivity (Wildman–Crippen MR) is 182 cm³/mol. The maximum atomic E-state index is 14.1. The zero-order valence-corrected chi connectivity index (χ0v) is 28.2. The molecule has 5 aromatic rings. The van der Waals surface area contributed by atoms with Gasteiger partial charge in [-0.05, 0) is 53.1 Å². The van der Waals surface area contributed by atoms with E-state index < -0.39 is 46.8 Å². The summed E-state index contributed by atoms with van der Waals surface area (Å²) in [5.41, 5.74) is 2.49. The summed E-state index contributed by atoms with van der Waals surface area (Å²) in [6, 6.07) is 29.1. The lowest BCUT2D eigenvalue weighted by Crippen LogP contribution is -2.44. The Kier molecular flexibility index (Phi) is 10.8. The molecule has 0 unspecified atom stereocenters. The number of benzene rings is 5. The van der Waals surface area contributed by atoms with Gasteiger partial charge in [-0.2, -0.15) is 0 Å². The molecule has 1 aliphatic heterocycles. The van der Waals surface area contributed by atoms with Gasteiger partial charge in [-0.25, -0.2) is 22.0 Å². The number of aliphatic hydroxyl groups excluding tert-OH is 1. The number of likely N-dealkylation sites (N-methyl/N-ethyl adjacent to an activating group) is 1. The number of hydrogen-bond donors (Lipinski definition) is 2. The molecule has 0 aromatic heterocycles. The Morgan fingerprint density at radius 1 is 0.784 bits per heavy atom. The Labute approximate surface area is 292 Å². The standard InChI is InChI=1S/C40H37F5N2O4/c1-22-31(20-47(3)23(2)29-17-16-26-6-4-5-7-30(26)18-29)50-40(51-38(22)27-12-10-25(21-48)11-13-27)28-14-8-24(9-15-28)19-46-39(49)32-33(41)35(43)37(45)36(44)34(32)42/h4-18,22-23,31,38,40,48H,19-21H2,1-3H3,(H,46,49)/t22-,23+,31+,38+,40+/m0/s1. The number of amides is 1. The van der Waals surface area contributed by atoms with Gasteiger partial charge in [0, 0.05) is 30.6 Å². The summed E-state index contributed by atoms with van der Waals surface area (Å²) < 4.78 is 82.1. The van der Waals surface area contributed by atoms with E-state index in [0.717, 1.165) is 16.5 Å². The third-order valence-electron chi connectivity index (χ3n) is 9.65. The molecule has 5 aromatic carbocycles. The van der Waals surface area contributed by atoms with Crippen molar-refractivity contribution >= 4 is 16.7 Å². The van der Waals surface area contributed by atoms with Gasteiger partial charge in [-0.15, -0.1) is 0 Å². The molecule has 2 N–H and O–H groups in total. The molecule has 0 radical (unpaired) electrons. The molecule has 5 atom stereocenters. The van der Waals surface area contributed by atoms with Crippen LogP contribution in [-0.4, -0.2) is 35.6 Å². The van der Waals surface area contributed by atoms with Crippen LogP contribution in [0.4, 0.5) is 22.0 Å². The fourth-order valence-electron chi connectivity index (χ4n) is 6.36. The van der Waals surface area contributed by atoms with Crippen LogP contribution < -0.4 is 5.32 Å². The third-order valence-corrected chi connectivity index (χ3v) is 9.65. The van der Waals surface area contributed by atoms with Crippen molar-refractivity contribution in [3.8, 4) is 0 Å². The molecule has 11 heteroatoms. The molecule has 0 aliphatic carbocycles. The van der Waals surface area contributed by atoms with E-state index in [2.05, 4.69) is 61.4 Å². The van der Waals surface area contributed by atoms with Gasteiger partial charge in [0.15, 0.2) is 29.6 Å². The van der Waals surface area contributed by atoms with Gasteiger partial charge in [-0.3, -0.25) is 9.69 Å². The van der Waals surface area contributed by atoms with Gasteiger partial charge >= 0.3 is 0 Å². The Balaban J connectivity index is 1.19. The molecule has 266 valence electrons. The normalized spacial score (nSPS) is 19.7. The molecule has 1 amide bonds. The SMILES string of the molecule is C[C@H]1[C@@H](CN(C)[C@H](C)c2ccc3ccccc3c2)O[C@@H](c2ccc(CNC(=O)c3c(F)c(F)c(F)c(F)c3F)cc2)O[C@H]1c1ccc(CO)cc1. The van der Waals surface area contributed by atoms with Crippen molar-refractivity contribution < 1.29 is 41.3 Å². The third kappa shape index (κ3) is 7.52. The van der Waals surface area contributed by atoms with E-state index in [4.69, 9.17) is 9.47 Å². The van der Waals surface area contributed by atoms with Crippen molar-refractivity contribution in [3.63, 3.8) is 0 Å². The quantitative estimate of drug-likeness (QED) is 0.0868. The predicted octanol–water partition coefficient (Wildman–Crippen LogP) is 8.44. The lowest BCUT2D eigenvalue weighted by molar-refractivity contribution is -0.276. The second kappa shape index (κ2) is 15.3. The second-order valence-corrected chi connectivity index (χ2v) is 12.9. The molecule has 1 fully saturated rings. The summed E-state index contributed by atoms with van der Waals surface area (Å²) >= 11 is 0. The number of carbonyl (C=O) groups excluding carboxylic acids is 1. The zero-order valence-electron chi connectivity index (χ0n) is 28.2. The summed E-state index contributed by atoms with van der Waals surface area (Å²) in [6.45, 7) is 4.49. The average Bonchev–Trinajstić information content (AvgIpc) is 3.16. The fourth-order valence-corrected chi connectivity index (χ4v) is 6.36. The number of carbonyl (C=O) groups is 1. The van der Waals surface area contributed by atoms with E-state index in [1.54, 1.807) is 24.3 Å². The van der Waals surface area contributed by atoms with E-state index in [1.165, 1.54) is 10.9 Å². The van der Waals surface area contributed by atoms with Crippen LogP contribution >= 0.6 is 0 Å². The minimum atomic E-state index is -2.34. The van der Waals surface area contributed by atoms with Crippen LogP contribution in [0.1, 0.15) is 70.5 Å². The number of ether oxygens (including phenoxy) is 2. The van der Waals surface area contributed by atoms with Gasteiger partial charge in [0.1, 0.15) is 5.56 Å². The molecule has 0 saturated carbocycles. The highest BCUT2D eigenvalue weighted by molar-refractivity contribution is 5.94. The maximum absolute atomic E-state index is 14.1. The first-order valence-electron chi connectivity index (χ1n) is 16.5. The zero-order chi connectivity index (χ0) is 36.4. The minimum Gasteiger partial charge on any atom is -0.392 e.